The van der Waals surface area contributed by atoms with Crippen LogP contribution in [0, 0.1) is 0 Å². The first kappa shape index (κ1) is 23.5. The number of aliphatic imine (C=N–C) groups is 1. The van der Waals surface area contributed by atoms with Gasteiger partial charge in [0, 0.05) is 12.6 Å². The molecule has 0 saturated carbocycles. The maximum Gasteiger partial charge on any atom is 0.341 e. The van der Waals surface area contributed by atoms with Crippen molar-refractivity contribution in [3.05, 3.63) is 29.3 Å². The Kier molecular flexibility index (Phi) is 9.30. The van der Waals surface area contributed by atoms with Gasteiger partial charge in [-0.1, -0.05) is 6.07 Å². The van der Waals surface area contributed by atoms with E-state index >= 15 is 0 Å². The van der Waals surface area contributed by atoms with Crippen molar-refractivity contribution in [2.24, 2.45) is 4.99 Å². The first-order chi connectivity index (χ1) is 12.4. The molecule has 1 unspecified atom stereocenters. The number of esters is 1. The van der Waals surface area contributed by atoms with Crippen LogP contribution in [0.4, 0.5) is 0 Å². The van der Waals surface area contributed by atoms with Crippen molar-refractivity contribution in [2.75, 3.05) is 32.3 Å². The van der Waals surface area contributed by atoms with Gasteiger partial charge in [0.25, 0.3) is 0 Å². The summed E-state index contributed by atoms with van der Waals surface area (Å²) in [5.41, 5.74) is 1.14. The van der Waals surface area contributed by atoms with E-state index < -0.39 is 15.8 Å². The molecular formula is C17H26IN3O5S. The number of hydrogen-bond donors (Lipinski definition) is 2. The lowest BCUT2D eigenvalue weighted by Gasteiger charge is -2.16. The van der Waals surface area contributed by atoms with Crippen LogP contribution < -0.4 is 15.4 Å². The Morgan fingerprint density at radius 3 is 2.63 bits per heavy atom. The monoisotopic (exact) mass is 511 g/mol. The van der Waals surface area contributed by atoms with E-state index in [1.165, 1.54) is 14.2 Å². The SMILES string of the molecule is CCNC(=NCc1ccc(OC)c(C(=O)OC)c1)NC1CCS(=O)(=O)C1.I. The average Bonchev–Trinajstić information content (AvgIpc) is 2.97. The van der Waals surface area contributed by atoms with E-state index in [-0.39, 0.29) is 41.5 Å². The van der Waals surface area contributed by atoms with Crippen molar-refractivity contribution in [1.82, 2.24) is 10.6 Å². The number of guanidine groups is 1. The van der Waals surface area contributed by atoms with Crippen LogP contribution >= 0.6 is 24.0 Å². The zero-order valence-corrected chi connectivity index (χ0v) is 18.8. The fraction of sp³-hybridized carbons (Fsp3) is 0.529. The predicted molar refractivity (Wildman–Crippen MR) is 115 cm³/mol. The molecule has 0 bridgehead atoms. The van der Waals surface area contributed by atoms with Gasteiger partial charge < -0.3 is 20.1 Å². The summed E-state index contributed by atoms with van der Waals surface area (Å²) in [4.78, 5) is 16.3. The summed E-state index contributed by atoms with van der Waals surface area (Å²) < 4.78 is 33.1. The first-order valence-electron chi connectivity index (χ1n) is 8.39. The summed E-state index contributed by atoms with van der Waals surface area (Å²) in [6.07, 6.45) is 0.571. The molecule has 1 atom stereocenters. The Labute approximate surface area is 177 Å². The minimum absolute atomic E-state index is 0. The first-order valence-corrected chi connectivity index (χ1v) is 10.2. The molecule has 10 heteroatoms. The Morgan fingerprint density at radius 1 is 1.33 bits per heavy atom. The number of nitrogens with one attached hydrogen (secondary N) is 2. The van der Waals surface area contributed by atoms with Gasteiger partial charge in [-0.3, -0.25) is 0 Å². The number of ether oxygens (including phenoxy) is 2. The molecule has 1 aromatic rings. The third kappa shape index (κ3) is 6.83. The van der Waals surface area contributed by atoms with Crippen LogP contribution in [0.5, 0.6) is 5.75 Å². The topological polar surface area (TPSA) is 106 Å². The molecule has 1 aliphatic heterocycles. The maximum absolute atomic E-state index is 11.9. The molecule has 2 N–H and O–H groups in total. The minimum atomic E-state index is -2.96. The largest absolute Gasteiger partial charge is 0.496 e. The highest BCUT2D eigenvalue weighted by Crippen LogP contribution is 2.21. The van der Waals surface area contributed by atoms with Crippen molar-refractivity contribution < 1.29 is 22.7 Å². The van der Waals surface area contributed by atoms with Gasteiger partial charge in [-0.15, -0.1) is 24.0 Å². The second-order valence-electron chi connectivity index (χ2n) is 5.97. The number of carbonyl (C=O) groups is 1. The van der Waals surface area contributed by atoms with Gasteiger partial charge in [-0.05, 0) is 31.0 Å². The van der Waals surface area contributed by atoms with Gasteiger partial charge in [0.05, 0.1) is 32.3 Å². The van der Waals surface area contributed by atoms with E-state index in [0.29, 0.717) is 36.8 Å². The minimum Gasteiger partial charge on any atom is -0.496 e. The Morgan fingerprint density at radius 2 is 2.07 bits per heavy atom. The van der Waals surface area contributed by atoms with Crippen molar-refractivity contribution in [3.63, 3.8) is 0 Å². The van der Waals surface area contributed by atoms with Crippen LogP contribution in [0.25, 0.3) is 0 Å². The normalized spacial score (nSPS) is 18.3. The summed E-state index contributed by atoms with van der Waals surface area (Å²) in [6, 6.07) is 5.05. The Hall–Kier alpha value is -1.56. The maximum atomic E-state index is 11.9. The van der Waals surface area contributed by atoms with Gasteiger partial charge in [0.1, 0.15) is 11.3 Å². The molecule has 0 aromatic heterocycles. The fourth-order valence-electron chi connectivity index (χ4n) is 2.72. The van der Waals surface area contributed by atoms with Crippen molar-refractivity contribution in [3.8, 4) is 5.75 Å². The third-order valence-electron chi connectivity index (χ3n) is 4.01. The lowest BCUT2D eigenvalue weighted by molar-refractivity contribution is 0.0597. The number of carbonyl (C=O) groups excluding carboxylic acids is 1. The van der Waals surface area contributed by atoms with Gasteiger partial charge in [0.2, 0.25) is 0 Å². The second-order valence-corrected chi connectivity index (χ2v) is 8.19. The summed E-state index contributed by atoms with van der Waals surface area (Å²) in [5.74, 6) is 0.821. The van der Waals surface area contributed by atoms with Crippen LogP contribution in [-0.2, 0) is 21.1 Å². The average molecular weight is 511 g/mol. The zero-order chi connectivity index (χ0) is 19.2. The second kappa shape index (κ2) is 10.7. The number of methoxy groups -OCH3 is 2. The molecule has 2 rings (SSSR count). The van der Waals surface area contributed by atoms with Crippen molar-refractivity contribution in [2.45, 2.75) is 25.9 Å². The van der Waals surface area contributed by atoms with Gasteiger partial charge >= 0.3 is 5.97 Å². The van der Waals surface area contributed by atoms with E-state index in [2.05, 4.69) is 15.6 Å². The molecule has 152 valence electrons. The highest BCUT2D eigenvalue weighted by Gasteiger charge is 2.28. The highest BCUT2D eigenvalue weighted by atomic mass is 127. The van der Waals surface area contributed by atoms with Crippen LogP contribution in [0.1, 0.15) is 29.3 Å². The lowest BCUT2D eigenvalue weighted by atomic mass is 10.1. The molecule has 1 aliphatic rings. The van der Waals surface area contributed by atoms with Crippen LogP contribution in [0.2, 0.25) is 0 Å². The number of nitrogens with zero attached hydrogens (tertiary/aromatic N) is 1. The number of halogens is 1. The van der Waals surface area contributed by atoms with Crippen LogP contribution in [-0.4, -0.2) is 58.7 Å². The van der Waals surface area contributed by atoms with Gasteiger partial charge in [-0.25, -0.2) is 18.2 Å². The molecular weight excluding hydrogens is 485 g/mol. The molecule has 0 spiro atoms. The molecule has 27 heavy (non-hydrogen) atoms. The number of benzene rings is 1. The van der Waals surface area contributed by atoms with Crippen molar-refractivity contribution >= 4 is 45.7 Å². The molecule has 8 nitrogen and oxygen atoms in total. The molecule has 1 aromatic carbocycles. The number of rotatable bonds is 6. The van der Waals surface area contributed by atoms with Gasteiger partial charge in [-0.2, -0.15) is 0 Å². The molecule has 1 fully saturated rings. The summed E-state index contributed by atoms with van der Waals surface area (Å²) in [7, 11) is -0.156. The molecule has 1 saturated heterocycles. The van der Waals surface area contributed by atoms with Crippen molar-refractivity contribution in [1.29, 1.82) is 0 Å². The summed E-state index contributed by atoms with van der Waals surface area (Å²) >= 11 is 0. The summed E-state index contributed by atoms with van der Waals surface area (Å²) in [5, 5.41) is 6.26. The fourth-order valence-corrected chi connectivity index (χ4v) is 4.39. The van der Waals surface area contributed by atoms with E-state index in [0.717, 1.165) is 5.56 Å². The van der Waals surface area contributed by atoms with Gasteiger partial charge in [0.15, 0.2) is 15.8 Å². The van der Waals surface area contributed by atoms with Crippen LogP contribution in [0.3, 0.4) is 0 Å². The Balaban J connectivity index is 0.00000364. The van der Waals surface area contributed by atoms with E-state index in [1.807, 2.05) is 13.0 Å². The quantitative estimate of drug-likeness (QED) is 0.257. The zero-order valence-electron chi connectivity index (χ0n) is 15.6. The molecule has 0 amide bonds. The molecule has 0 radical (unpaired) electrons. The Bertz CT molecular complexity index is 783. The standard InChI is InChI=1S/C17H25N3O5S.HI/c1-4-18-17(20-13-7-8-26(22,23)11-13)19-10-12-5-6-15(24-2)14(9-12)16(21)25-3;/h5-6,9,13H,4,7-8,10-11H2,1-3H3,(H2,18,19,20);1H. The smallest absolute Gasteiger partial charge is 0.341 e. The van der Waals surface area contributed by atoms with E-state index in [4.69, 9.17) is 9.47 Å². The molecule has 1 heterocycles. The highest BCUT2D eigenvalue weighted by molar-refractivity contribution is 14.0. The summed E-state index contributed by atoms with van der Waals surface area (Å²) in [6.45, 7) is 2.91. The van der Waals surface area contributed by atoms with E-state index in [9.17, 15) is 13.2 Å². The molecule has 0 aliphatic carbocycles. The third-order valence-corrected chi connectivity index (χ3v) is 5.77. The van der Waals surface area contributed by atoms with Crippen LogP contribution in [0.15, 0.2) is 23.2 Å². The van der Waals surface area contributed by atoms with E-state index in [1.54, 1.807) is 12.1 Å². The number of hydrogen-bond acceptors (Lipinski definition) is 6. The predicted octanol–water partition coefficient (Wildman–Crippen LogP) is 1.34. The lowest BCUT2D eigenvalue weighted by Crippen LogP contribution is -2.44. The number of sulfone groups is 1.